The molecule has 0 fully saturated rings. The largest absolute Gasteiger partial charge is 0.463 e. The van der Waals surface area contributed by atoms with Crippen LogP contribution in [-0.4, -0.2) is 43.4 Å². The van der Waals surface area contributed by atoms with Crippen molar-refractivity contribution in [1.29, 1.82) is 0 Å². The number of hydrazone groups is 1. The third-order valence-corrected chi connectivity index (χ3v) is 7.00. The smallest absolute Gasteiger partial charge is 0.334 e. The van der Waals surface area contributed by atoms with E-state index in [1.54, 1.807) is 25.1 Å². The maximum Gasteiger partial charge on any atom is 0.334 e. The van der Waals surface area contributed by atoms with Crippen molar-refractivity contribution in [3.05, 3.63) is 76.3 Å². The highest BCUT2D eigenvalue weighted by Crippen LogP contribution is 2.41. The van der Waals surface area contributed by atoms with Gasteiger partial charge in [0.25, 0.3) is 0 Å². The number of nitrogens with zero attached hydrogens (tertiary/aromatic N) is 2. The van der Waals surface area contributed by atoms with E-state index in [2.05, 4.69) is 5.10 Å². The van der Waals surface area contributed by atoms with E-state index in [0.29, 0.717) is 29.1 Å². The minimum absolute atomic E-state index is 0.263. The first kappa shape index (κ1) is 25.0. The SMILES string of the molecule is CCOC(=O)/C(=C\c1ccccc1)CC[C@@H]1N(S(C)(=O)=O)N=C(c2ccc(Cl)cc2)C1(C)C. The van der Waals surface area contributed by atoms with Gasteiger partial charge in [-0.25, -0.2) is 13.2 Å². The molecular weight excluding hydrogens is 460 g/mol. The van der Waals surface area contributed by atoms with Gasteiger partial charge in [-0.2, -0.15) is 9.52 Å². The van der Waals surface area contributed by atoms with Crippen LogP contribution >= 0.6 is 11.6 Å². The molecule has 8 heteroatoms. The molecule has 0 N–H and O–H groups in total. The number of hydrogen-bond acceptors (Lipinski definition) is 5. The van der Waals surface area contributed by atoms with Gasteiger partial charge in [0.05, 0.1) is 24.6 Å². The average Bonchev–Trinajstić information content (AvgIpc) is 3.03. The molecule has 0 unspecified atom stereocenters. The monoisotopic (exact) mass is 488 g/mol. The molecule has 33 heavy (non-hydrogen) atoms. The molecule has 0 aliphatic carbocycles. The number of halogens is 1. The van der Waals surface area contributed by atoms with Crippen LogP contribution in [0.2, 0.25) is 5.02 Å². The summed E-state index contributed by atoms with van der Waals surface area (Å²) in [4.78, 5) is 12.6. The number of carbonyl (C=O) groups excluding carboxylic acids is 1. The van der Waals surface area contributed by atoms with E-state index in [0.717, 1.165) is 17.4 Å². The highest BCUT2D eigenvalue weighted by atomic mass is 35.5. The molecule has 2 aromatic rings. The number of ether oxygens (including phenoxy) is 1. The summed E-state index contributed by atoms with van der Waals surface area (Å²) in [6, 6.07) is 16.2. The van der Waals surface area contributed by atoms with Crippen LogP contribution in [0.5, 0.6) is 0 Å². The third kappa shape index (κ3) is 5.84. The number of hydrogen-bond donors (Lipinski definition) is 0. The van der Waals surface area contributed by atoms with Gasteiger partial charge in [-0.1, -0.05) is 67.9 Å². The van der Waals surface area contributed by atoms with Crippen LogP contribution in [0.15, 0.2) is 65.3 Å². The van der Waals surface area contributed by atoms with Gasteiger partial charge in [0.1, 0.15) is 0 Å². The number of sulfonamides is 1. The van der Waals surface area contributed by atoms with Crippen LogP contribution < -0.4 is 0 Å². The van der Waals surface area contributed by atoms with Crippen LogP contribution in [0, 0.1) is 5.41 Å². The quantitative estimate of drug-likeness (QED) is 0.380. The van der Waals surface area contributed by atoms with Crippen LogP contribution in [0.25, 0.3) is 6.08 Å². The van der Waals surface area contributed by atoms with Crippen molar-refractivity contribution in [2.75, 3.05) is 12.9 Å². The van der Waals surface area contributed by atoms with E-state index in [1.807, 2.05) is 56.3 Å². The molecule has 0 saturated heterocycles. The van der Waals surface area contributed by atoms with Gasteiger partial charge >= 0.3 is 5.97 Å². The zero-order chi connectivity index (χ0) is 24.2. The number of esters is 1. The molecule has 1 atom stereocenters. The molecule has 0 aromatic heterocycles. The Labute approximate surface area is 201 Å². The minimum Gasteiger partial charge on any atom is -0.463 e. The molecule has 176 valence electrons. The first-order valence-corrected chi connectivity index (χ1v) is 13.0. The lowest BCUT2D eigenvalue weighted by molar-refractivity contribution is -0.138. The second-order valence-electron chi connectivity index (χ2n) is 8.57. The maximum atomic E-state index is 12.6. The fraction of sp³-hybridized carbons (Fsp3) is 0.360. The predicted octanol–water partition coefficient (Wildman–Crippen LogP) is 5.14. The average molecular weight is 489 g/mol. The van der Waals surface area contributed by atoms with Crippen LogP contribution in [-0.2, 0) is 19.6 Å². The molecule has 1 aliphatic rings. The van der Waals surface area contributed by atoms with Gasteiger partial charge in [0.2, 0.25) is 10.0 Å². The second kappa shape index (κ2) is 10.1. The Morgan fingerprint density at radius 1 is 1.15 bits per heavy atom. The zero-order valence-corrected chi connectivity index (χ0v) is 20.9. The first-order valence-electron chi connectivity index (χ1n) is 10.8. The standard InChI is InChI=1S/C25H29ClN2O4S/c1-5-32-24(29)20(17-18-9-7-6-8-10-18)13-16-22-25(2,3)23(27-28(22)33(4,30)31)19-11-14-21(26)15-12-19/h6-12,14-15,17,22H,5,13,16H2,1-4H3/b20-17-/t22-/m0/s1. The Morgan fingerprint density at radius 2 is 1.79 bits per heavy atom. The van der Waals surface area contributed by atoms with Crippen molar-refractivity contribution < 1.29 is 17.9 Å². The van der Waals surface area contributed by atoms with E-state index < -0.39 is 27.4 Å². The van der Waals surface area contributed by atoms with Crippen LogP contribution in [0.3, 0.4) is 0 Å². The lowest BCUT2D eigenvalue weighted by atomic mass is 9.76. The Balaban J connectivity index is 1.93. The Morgan fingerprint density at radius 3 is 2.36 bits per heavy atom. The van der Waals surface area contributed by atoms with E-state index >= 15 is 0 Å². The van der Waals surface area contributed by atoms with Gasteiger partial charge in [0.15, 0.2) is 0 Å². The predicted molar refractivity (Wildman–Crippen MR) is 133 cm³/mol. The fourth-order valence-corrected chi connectivity index (χ4v) is 5.23. The molecule has 0 amide bonds. The van der Waals surface area contributed by atoms with Crippen molar-refractivity contribution >= 4 is 39.4 Å². The number of benzene rings is 2. The van der Waals surface area contributed by atoms with Crippen LogP contribution in [0.4, 0.5) is 0 Å². The summed E-state index contributed by atoms with van der Waals surface area (Å²) in [7, 11) is -3.62. The van der Waals surface area contributed by atoms with Gasteiger partial charge in [-0.15, -0.1) is 0 Å². The van der Waals surface area contributed by atoms with E-state index in [4.69, 9.17) is 16.3 Å². The molecule has 2 aromatic carbocycles. The summed E-state index contributed by atoms with van der Waals surface area (Å²) in [6.45, 7) is 5.97. The molecule has 0 bridgehead atoms. The Bertz CT molecular complexity index is 1160. The van der Waals surface area contributed by atoms with Gasteiger partial charge in [-0.05, 0) is 49.1 Å². The van der Waals surface area contributed by atoms with E-state index in [-0.39, 0.29) is 6.61 Å². The summed E-state index contributed by atoms with van der Waals surface area (Å²) in [5.74, 6) is -0.401. The molecule has 1 heterocycles. The molecule has 6 nitrogen and oxygen atoms in total. The van der Waals surface area contributed by atoms with Crippen molar-refractivity contribution in [2.24, 2.45) is 10.5 Å². The highest BCUT2D eigenvalue weighted by Gasteiger charge is 2.47. The van der Waals surface area contributed by atoms with Gasteiger partial charge in [0, 0.05) is 16.0 Å². The van der Waals surface area contributed by atoms with E-state index in [9.17, 15) is 13.2 Å². The molecule has 0 spiro atoms. The normalized spacial score (nSPS) is 18.2. The lowest BCUT2D eigenvalue weighted by Crippen LogP contribution is -2.42. The number of carbonyl (C=O) groups is 1. The fourth-order valence-electron chi connectivity index (χ4n) is 4.04. The van der Waals surface area contributed by atoms with Gasteiger partial charge < -0.3 is 4.74 Å². The summed E-state index contributed by atoms with van der Waals surface area (Å²) in [5, 5.41) is 5.11. The van der Waals surface area contributed by atoms with Crippen molar-refractivity contribution in [2.45, 2.75) is 39.7 Å². The summed E-state index contributed by atoms with van der Waals surface area (Å²) in [5.41, 5.74) is 2.26. The second-order valence-corrected chi connectivity index (χ2v) is 10.8. The molecule has 0 radical (unpaired) electrons. The number of rotatable bonds is 8. The Hall–Kier alpha value is -2.64. The molecule has 0 saturated carbocycles. The maximum absolute atomic E-state index is 12.6. The highest BCUT2D eigenvalue weighted by molar-refractivity contribution is 7.88. The first-order chi connectivity index (χ1) is 15.5. The van der Waals surface area contributed by atoms with Gasteiger partial charge in [-0.3, -0.25) is 0 Å². The summed E-state index contributed by atoms with van der Waals surface area (Å²) < 4.78 is 31.7. The Kier molecular flexibility index (Phi) is 7.65. The van der Waals surface area contributed by atoms with Crippen molar-refractivity contribution in [1.82, 2.24) is 4.41 Å². The molecule has 3 rings (SSSR count). The molecular formula is C25H29ClN2O4S. The minimum atomic E-state index is -3.62. The molecule has 1 aliphatic heterocycles. The summed E-state index contributed by atoms with van der Waals surface area (Å²) in [6.07, 6.45) is 3.69. The van der Waals surface area contributed by atoms with Crippen molar-refractivity contribution in [3.8, 4) is 0 Å². The lowest BCUT2D eigenvalue weighted by Gasteiger charge is -2.32. The summed E-state index contributed by atoms with van der Waals surface area (Å²) >= 11 is 6.03. The third-order valence-electron chi connectivity index (χ3n) is 5.73. The van der Waals surface area contributed by atoms with Crippen molar-refractivity contribution in [3.63, 3.8) is 0 Å². The van der Waals surface area contributed by atoms with Crippen LogP contribution in [0.1, 0.15) is 44.7 Å². The zero-order valence-electron chi connectivity index (χ0n) is 19.3. The topological polar surface area (TPSA) is 76.0 Å². The van der Waals surface area contributed by atoms with E-state index in [1.165, 1.54) is 4.41 Å².